The molecule has 3 aromatic rings. The lowest BCUT2D eigenvalue weighted by atomic mass is 9.99. The van der Waals surface area contributed by atoms with Crippen LogP contribution >= 0.6 is 0 Å². The molecular formula is C19H22N4O2. The average molecular weight is 338 g/mol. The molecule has 4 heterocycles. The van der Waals surface area contributed by atoms with E-state index in [1.54, 1.807) is 29.0 Å². The minimum absolute atomic E-state index is 0.000469. The number of aromatic nitrogens is 3. The van der Waals surface area contributed by atoms with Gasteiger partial charge < -0.3 is 9.47 Å². The van der Waals surface area contributed by atoms with Crippen LogP contribution in [0, 0.1) is 0 Å². The predicted molar refractivity (Wildman–Crippen MR) is 96.9 cm³/mol. The number of hydrogen-bond donors (Lipinski definition) is 0. The van der Waals surface area contributed by atoms with Crippen LogP contribution in [0.3, 0.4) is 0 Å². The van der Waals surface area contributed by atoms with E-state index in [2.05, 4.69) is 11.9 Å². The Morgan fingerprint density at radius 3 is 2.96 bits per heavy atom. The minimum atomic E-state index is -0.138. The lowest BCUT2D eigenvalue weighted by Crippen LogP contribution is -2.43. The lowest BCUT2D eigenvalue weighted by Gasteiger charge is -2.35. The van der Waals surface area contributed by atoms with E-state index < -0.39 is 0 Å². The van der Waals surface area contributed by atoms with E-state index in [1.807, 2.05) is 18.0 Å². The van der Waals surface area contributed by atoms with Crippen molar-refractivity contribution in [1.82, 2.24) is 18.9 Å². The molecule has 1 amide bonds. The van der Waals surface area contributed by atoms with Gasteiger partial charge in [0.2, 0.25) is 0 Å². The number of carbonyl (C=O) groups is 1. The molecule has 0 aliphatic carbocycles. The summed E-state index contributed by atoms with van der Waals surface area (Å²) in [6.45, 7) is 2.91. The zero-order valence-electron chi connectivity index (χ0n) is 14.6. The third-order valence-electron chi connectivity index (χ3n) is 5.29. The van der Waals surface area contributed by atoms with Crippen molar-refractivity contribution in [2.75, 3.05) is 6.54 Å². The Morgan fingerprint density at radius 2 is 2.16 bits per heavy atom. The first-order valence-electron chi connectivity index (χ1n) is 8.89. The van der Waals surface area contributed by atoms with Crippen molar-refractivity contribution in [2.45, 2.75) is 38.6 Å². The molecule has 0 aromatic carbocycles. The molecule has 0 bridgehead atoms. The molecule has 3 aromatic heterocycles. The average Bonchev–Trinajstić information content (AvgIpc) is 2.98. The highest BCUT2D eigenvalue weighted by Crippen LogP contribution is 2.23. The second-order valence-corrected chi connectivity index (χ2v) is 6.73. The van der Waals surface area contributed by atoms with Crippen LogP contribution in [0.25, 0.3) is 16.7 Å². The van der Waals surface area contributed by atoms with Crippen LogP contribution in [0.5, 0.6) is 0 Å². The Kier molecular flexibility index (Phi) is 3.82. The highest BCUT2D eigenvalue weighted by atomic mass is 16.2. The molecule has 1 saturated heterocycles. The summed E-state index contributed by atoms with van der Waals surface area (Å²) in [5.41, 5.74) is 1.55. The van der Waals surface area contributed by atoms with Gasteiger partial charge in [0.1, 0.15) is 17.0 Å². The van der Waals surface area contributed by atoms with Gasteiger partial charge >= 0.3 is 0 Å². The van der Waals surface area contributed by atoms with Crippen LogP contribution in [0.2, 0.25) is 0 Å². The Hall–Kier alpha value is -2.63. The number of fused-ring (bicyclic) bond motifs is 2. The van der Waals surface area contributed by atoms with E-state index in [0.717, 1.165) is 25.8 Å². The number of rotatable bonds is 2. The molecule has 6 heteroatoms. The minimum Gasteiger partial charge on any atom is -0.334 e. The van der Waals surface area contributed by atoms with Crippen LogP contribution in [0.15, 0.2) is 35.3 Å². The fraction of sp³-hybridized carbons (Fsp3) is 0.421. The molecule has 0 N–H and O–H groups in total. The maximum absolute atomic E-state index is 13.1. The van der Waals surface area contributed by atoms with Gasteiger partial charge in [-0.2, -0.15) is 0 Å². The van der Waals surface area contributed by atoms with Gasteiger partial charge in [0.25, 0.3) is 11.5 Å². The molecule has 0 saturated carbocycles. The molecule has 1 atom stereocenters. The Labute approximate surface area is 145 Å². The molecule has 0 unspecified atom stereocenters. The number of piperidine rings is 1. The molecular weight excluding hydrogens is 316 g/mol. The lowest BCUT2D eigenvalue weighted by molar-refractivity contribution is 0.0598. The largest absolute Gasteiger partial charge is 0.334 e. The number of pyridine rings is 1. The highest BCUT2D eigenvalue weighted by molar-refractivity contribution is 5.98. The Bertz CT molecular complexity index is 1020. The number of amides is 1. The van der Waals surface area contributed by atoms with E-state index in [4.69, 9.17) is 0 Å². The van der Waals surface area contributed by atoms with Crippen molar-refractivity contribution in [3.05, 3.63) is 46.5 Å². The maximum atomic E-state index is 13.1. The van der Waals surface area contributed by atoms with Crippen LogP contribution in [0.1, 0.15) is 43.1 Å². The zero-order valence-corrected chi connectivity index (χ0v) is 14.6. The highest BCUT2D eigenvalue weighted by Gasteiger charge is 2.28. The topological polar surface area (TPSA) is 59.6 Å². The van der Waals surface area contributed by atoms with Crippen LogP contribution < -0.4 is 5.56 Å². The van der Waals surface area contributed by atoms with Gasteiger partial charge in [0.05, 0.1) is 5.39 Å². The normalized spacial score (nSPS) is 18.2. The van der Waals surface area contributed by atoms with Gasteiger partial charge in [-0.15, -0.1) is 0 Å². The first-order valence-corrected chi connectivity index (χ1v) is 8.89. The van der Waals surface area contributed by atoms with Crippen LogP contribution in [-0.2, 0) is 7.05 Å². The third kappa shape index (κ3) is 2.44. The van der Waals surface area contributed by atoms with Crippen molar-refractivity contribution in [1.29, 1.82) is 0 Å². The van der Waals surface area contributed by atoms with Gasteiger partial charge in [-0.25, -0.2) is 4.98 Å². The predicted octanol–water partition coefficient (Wildman–Crippen LogP) is 2.59. The Morgan fingerprint density at radius 1 is 1.32 bits per heavy atom. The number of aryl methyl sites for hydroxylation is 1. The summed E-state index contributed by atoms with van der Waals surface area (Å²) in [5, 5.41) is 0.486. The third-order valence-corrected chi connectivity index (χ3v) is 5.29. The standard InChI is InChI=1S/C19H22N4O2/c1-3-13-8-4-6-10-22(13)19(25)15-12-14-17(21(15)2)20-16-9-5-7-11-23(16)18(14)24/h5,7,9,11-13H,3-4,6,8,10H2,1-2H3/t13-/m1/s1. The first-order chi connectivity index (χ1) is 12.1. The molecule has 0 radical (unpaired) electrons. The Balaban J connectivity index is 1.86. The van der Waals surface area contributed by atoms with E-state index in [-0.39, 0.29) is 17.5 Å². The monoisotopic (exact) mass is 338 g/mol. The fourth-order valence-electron chi connectivity index (χ4n) is 3.87. The van der Waals surface area contributed by atoms with Crippen molar-refractivity contribution in [3.8, 4) is 0 Å². The van der Waals surface area contributed by atoms with Crippen molar-refractivity contribution < 1.29 is 4.79 Å². The molecule has 4 rings (SSSR count). The summed E-state index contributed by atoms with van der Waals surface area (Å²) in [6, 6.07) is 7.44. The summed E-state index contributed by atoms with van der Waals surface area (Å²) < 4.78 is 3.28. The summed E-state index contributed by atoms with van der Waals surface area (Å²) >= 11 is 0. The molecule has 130 valence electrons. The molecule has 1 fully saturated rings. The van der Waals surface area contributed by atoms with Crippen molar-refractivity contribution in [2.24, 2.45) is 7.05 Å². The number of likely N-dealkylation sites (tertiary alicyclic amines) is 1. The molecule has 25 heavy (non-hydrogen) atoms. The van der Waals surface area contributed by atoms with Gasteiger partial charge in [0.15, 0.2) is 0 Å². The molecule has 1 aliphatic rings. The van der Waals surface area contributed by atoms with Gasteiger partial charge in [-0.3, -0.25) is 14.0 Å². The second kappa shape index (κ2) is 6.02. The smallest absolute Gasteiger partial charge is 0.270 e. The first kappa shape index (κ1) is 15.9. The van der Waals surface area contributed by atoms with E-state index in [1.165, 1.54) is 10.8 Å². The number of hydrogen-bond acceptors (Lipinski definition) is 3. The summed E-state index contributed by atoms with van der Waals surface area (Å²) in [4.78, 5) is 32.4. The molecule has 0 spiro atoms. The number of nitrogens with zero attached hydrogens (tertiary/aromatic N) is 4. The zero-order chi connectivity index (χ0) is 17.6. The summed E-state index contributed by atoms with van der Waals surface area (Å²) in [6.07, 6.45) is 5.93. The fourth-order valence-corrected chi connectivity index (χ4v) is 3.87. The quantitative estimate of drug-likeness (QED) is 0.721. The van der Waals surface area contributed by atoms with Gasteiger partial charge in [-0.1, -0.05) is 13.0 Å². The summed E-state index contributed by atoms with van der Waals surface area (Å²) in [7, 11) is 1.81. The van der Waals surface area contributed by atoms with Gasteiger partial charge in [-0.05, 0) is 43.9 Å². The maximum Gasteiger partial charge on any atom is 0.270 e. The molecule has 1 aliphatic heterocycles. The van der Waals surface area contributed by atoms with Crippen LogP contribution in [-0.4, -0.2) is 37.3 Å². The van der Waals surface area contributed by atoms with E-state index >= 15 is 0 Å². The second-order valence-electron chi connectivity index (χ2n) is 6.73. The SMILES string of the molecule is CC[C@@H]1CCCCN1C(=O)c1cc2c(=O)n3ccccc3nc2n1C. The number of carbonyl (C=O) groups excluding carboxylic acids is 1. The van der Waals surface area contributed by atoms with Crippen molar-refractivity contribution in [3.63, 3.8) is 0 Å². The van der Waals surface area contributed by atoms with Crippen LogP contribution in [0.4, 0.5) is 0 Å². The van der Waals surface area contributed by atoms with E-state index in [9.17, 15) is 9.59 Å². The molecule has 6 nitrogen and oxygen atoms in total. The van der Waals surface area contributed by atoms with E-state index in [0.29, 0.717) is 22.4 Å². The van der Waals surface area contributed by atoms with Crippen molar-refractivity contribution >= 4 is 22.6 Å². The van der Waals surface area contributed by atoms with Gasteiger partial charge in [0, 0.05) is 25.8 Å². The summed E-state index contributed by atoms with van der Waals surface area (Å²) in [5.74, 6) is 0.000469.